The van der Waals surface area contributed by atoms with Gasteiger partial charge in [-0.1, -0.05) is 27.7 Å². The topological polar surface area (TPSA) is 90.2 Å². The van der Waals surface area contributed by atoms with Crippen LogP contribution < -0.4 is 0 Å². The first-order valence-corrected chi connectivity index (χ1v) is 13.4. The summed E-state index contributed by atoms with van der Waals surface area (Å²) >= 11 is 0. The summed E-state index contributed by atoms with van der Waals surface area (Å²) in [5.74, 6) is 3.15. The van der Waals surface area contributed by atoms with Crippen molar-refractivity contribution in [3.05, 3.63) is 0 Å². The number of aliphatic hydroxyl groups excluding tert-OH is 4. The van der Waals surface area contributed by atoms with Crippen LogP contribution in [-0.4, -0.2) is 57.6 Å². The monoisotopic (exact) mass is 450 g/mol. The average molecular weight is 451 g/mol. The van der Waals surface area contributed by atoms with Crippen molar-refractivity contribution < 1.29 is 25.2 Å². The zero-order valence-corrected chi connectivity index (χ0v) is 20.5. The fraction of sp³-hybridized carbons (Fsp3) is 1.00. The third-order valence-corrected chi connectivity index (χ3v) is 11.5. The molecule has 0 aromatic carbocycles. The molecule has 5 fully saturated rings. The summed E-state index contributed by atoms with van der Waals surface area (Å²) < 4.78 is 6.70. The average Bonchev–Trinajstić information content (AvgIpc) is 3.22. The zero-order chi connectivity index (χ0) is 23.0. The molecule has 5 rings (SSSR count). The lowest BCUT2D eigenvalue weighted by molar-refractivity contribution is -0.195. The number of ether oxygens (including phenoxy) is 1. The standard InChI is InChI=1S/C27H46O5/c1-14(13-28)5-6-23-15(2)25-24(32-23)11-18-16-9-20(29)19-10-21(30)22(31)12-27(19,4)17(16)7-8-26(18,25)3/h14-25,28-31H,5-13H2,1-4H3/t14-,15?,16-,17+,18+,19?,20-,21+,22-,23-,24?,25?,26+,27-/m1/s1. The Labute approximate surface area is 193 Å². The quantitative estimate of drug-likeness (QED) is 0.527. The number of fused-ring (bicyclic) bond motifs is 7. The number of aliphatic hydroxyl groups is 4. The van der Waals surface area contributed by atoms with Crippen LogP contribution in [0, 0.1) is 52.3 Å². The van der Waals surface area contributed by atoms with Crippen LogP contribution in [0.1, 0.15) is 79.1 Å². The van der Waals surface area contributed by atoms with Gasteiger partial charge in [0.1, 0.15) is 0 Å². The maximum Gasteiger partial charge on any atom is 0.0804 e. The Morgan fingerprint density at radius 3 is 2.41 bits per heavy atom. The molecular formula is C27H46O5. The van der Waals surface area contributed by atoms with Gasteiger partial charge >= 0.3 is 0 Å². The zero-order valence-electron chi connectivity index (χ0n) is 20.5. The molecule has 4 saturated carbocycles. The lowest BCUT2D eigenvalue weighted by atomic mass is 9.43. The second-order valence-corrected chi connectivity index (χ2v) is 13.1. The molecule has 5 nitrogen and oxygen atoms in total. The maximum absolute atomic E-state index is 11.2. The highest BCUT2D eigenvalue weighted by Crippen LogP contribution is 2.70. The van der Waals surface area contributed by atoms with Crippen LogP contribution in [0.4, 0.5) is 0 Å². The molecule has 0 amide bonds. The predicted molar refractivity (Wildman–Crippen MR) is 123 cm³/mol. The molecule has 1 saturated heterocycles. The number of rotatable bonds is 4. The molecule has 5 aliphatic rings. The van der Waals surface area contributed by atoms with Gasteiger partial charge in [0.05, 0.1) is 30.5 Å². The van der Waals surface area contributed by atoms with Crippen molar-refractivity contribution in [3.63, 3.8) is 0 Å². The minimum absolute atomic E-state index is 0.0878. The van der Waals surface area contributed by atoms with E-state index in [0.29, 0.717) is 60.6 Å². The van der Waals surface area contributed by atoms with Crippen molar-refractivity contribution in [2.75, 3.05) is 6.61 Å². The Morgan fingerprint density at radius 2 is 1.69 bits per heavy atom. The van der Waals surface area contributed by atoms with Gasteiger partial charge in [-0.25, -0.2) is 0 Å². The molecule has 4 aliphatic carbocycles. The minimum Gasteiger partial charge on any atom is -0.396 e. The normalized spacial score (nSPS) is 57.9. The van der Waals surface area contributed by atoms with Crippen molar-refractivity contribution >= 4 is 0 Å². The Balaban J connectivity index is 1.36. The van der Waals surface area contributed by atoms with E-state index < -0.39 is 12.2 Å². The second-order valence-electron chi connectivity index (χ2n) is 13.1. The van der Waals surface area contributed by atoms with Gasteiger partial charge in [-0.3, -0.25) is 0 Å². The van der Waals surface area contributed by atoms with E-state index in [1.54, 1.807) is 0 Å². The van der Waals surface area contributed by atoms with E-state index >= 15 is 0 Å². The van der Waals surface area contributed by atoms with E-state index in [0.717, 1.165) is 25.7 Å². The van der Waals surface area contributed by atoms with Gasteiger partial charge < -0.3 is 25.2 Å². The molecule has 4 unspecified atom stereocenters. The molecule has 0 aromatic heterocycles. The number of hydrogen-bond acceptors (Lipinski definition) is 5. The van der Waals surface area contributed by atoms with Crippen molar-refractivity contribution in [1.82, 2.24) is 0 Å². The molecule has 4 N–H and O–H groups in total. The first-order valence-electron chi connectivity index (χ1n) is 13.4. The van der Waals surface area contributed by atoms with Crippen LogP contribution in [0.2, 0.25) is 0 Å². The third-order valence-electron chi connectivity index (χ3n) is 11.5. The lowest BCUT2D eigenvalue weighted by Crippen LogP contribution is -2.60. The lowest BCUT2D eigenvalue weighted by Gasteiger charge is -2.62. The molecule has 0 aromatic rings. The fourth-order valence-corrected chi connectivity index (χ4v) is 9.88. The minimum atomic E-state index is -0.696. The molecule has 0 bridgehead atoms. The summed E-state index contributed by atoms with van der Waals surface area (Å²) in [5, 5.41) is 41.5. The van der Waals surface area contributed by atoms with Crippen LogP contribution >= 0.6 is 0 Å². The predicted octanol–water partition coefficient (Wildman–Crippen LogP) is 3.37. The molecule has 1 heterocycles. The van der Waals surface area contributed by atoms with Crippen LogP contribution in [0.15, 0.2) is 0 Å². The van der Waals surface area contributed by atoms with Crippen LogP contribution in [-0.2, 0) is 4.74 Å². The summed E-state index contributed by atoms with van der Waals surface area (Å²) in [6.45, 7) is 9.57. The molecule has 1 aliphatic heterocycles. The van der Waals surface area contributed by atoms with Gasteiger partial charge in [0.25, 0.3) is 0 Å². The van der Waals surface area contributed by atoms with Crippen molar-refractivity contribution in [3.8, 4) is 0 Å². The van der Waals surface area contributed by atoms with Gasteiger partial charge in [0, 0.05) is 6.61 Å². The SMILES string of the molecule is CC1C2C(C[C@H]3[C@@H]4C[C@@H](O)C5C[C@H](O)[C@H](O)C[C@]5(C)[C@H]4CC[C@]23C)O[C@@H]1CC[C@@H](C)CO. The summed E-state index contributed by atoms with van der Waals surface area (Å²) in [6.07, 6.45) is 6.45. The molecule has 5 heteroatoms. The highest BCUT2D eigenvalue weighted by atomic mass is 16.5. The van der Waals surface area contributed by atoms with Crippen LogP contribution in [0.25, 0.3) is 0 Å². The van der Waals surface area contributed by atoms with E-state index in [1.165, 1.54) is 12.8 Å². The van der Waals surface area contributed by atoms with Gasteiger partial charge in [0.2, 0.25) is 0 Å². The first-order chi connectivity index (χ1) is 15.1. The molecule has 14 atom stereocenters. The summed E-state index contributed by atoms with van der Waals surface area (Å²) in [5.41, 5.74) is 0.174. The fourth-order valence-electron chi connectivity index (χ4n) is 9.88. The van der Waals surface area contributed by atoms with Crippen LogP contribution in [0.5, 0.6) is 0 Å². The maximum atomic E-state index is 11.2. The number of hydrogen-bond donors (Lipinski definition) is 4. The smallest absolute Gasteiger partial charge is 0.0804 e. The van der Waals surface area contributed by atoms with Gasteiger partial charge in [-0.2, -0.15) is 0 Å². The van der Waals surface area contributed by atoms with Crippen molar-refractivity contribution in [1.29, 1.82) is 0 Å². The molecule has 0 spiro atoms. The van der Waals surface area contributed by atoms with Crippen molar-refractivity contribution in [2.24, 2.45) is 52.3 Å². The third kappa shape index (κ3) is 3.36. The Hall–Kier alpha value is -0.200. The van der Waals surface area contributed by atoms with Gasteiger partial charge in [-0.15, -0.1) is 0 Å². The first kappa shape index (κ1) is 23.5. The Morgan fingerprint density at radius 1 is 0.938 bits per heavy atom. The van der Waals surface area contributed by atoms with E-state index in [1.807, 2.05) is 0 Å². The van der Waals surface area contributed by atoms with E-state index in [-0.39, 0.29) is 29.5 Å². The van der Waals surface area contributed by atoms with E-state index in [4.69, 9.17) is 4.74 Å². The summed E-state index contributed by atoms with van der Waals surface area (Å²) in [7, 11) is 0. The van der Waals surface area contributed by atoms with Crippen molar-refractivity contribution in [2.45, 2.75) is 110 Å². The Kier molecular flexibility index (Phi) is 6.02. The van der Waals surface area contributed by atoms with E-state index in [9.17, 15) is 20.4 Å². The largest absolute Gasteiger partial charge is 0.396 e. The molecule has 0 radical (unpaired) electrons. The van der Waals surface area contributed by atoms with Crippen LogP contribution in [0.3, 0.4) is 0 Å². The molecule has 32 heavy (non-hydrogen) atoms. The highest BCUT2D eigenvalue weighted by Gasteiger charge is 2.67. The molecule has 184 valence electrons. The van der Waals surface area contributed by atoms with Gasteiger partial charge in [0.15, 0.2) is 0 Å². The Bertz CT molecular complexity index is 700. The molecular weight excluding hydrogens is 404 g/mol. The summed E-state index contributed by atoms with van der Waals surface area (Å²) in [6, 6.07) is 0. The highest BCUT2D eigenvalue weighted by molar-refractivity contribution is 5.15. The second kappa shape index (κ2) is 8.19. The van der Waals surface area contributed by atoms with E-state index in [2.05, 4.69) is 27.7 Å². The van der Waals surface area contributed by atoms with Gasteiger partial charge in [-0.05, 0) is 104 Å². The summed E-state index contributed by atoms with van der Waals surface area (Å²) in [4.78, 5) is 0.